The third-order valence-corrected chi connectivity index (χ3v) is 5.61. The molecule has 1 spiro atoms. The van der Waals surface area contributed by atoms with E-state index < -0.39 is 0 Å². The summed E-state index contributed by atoms with van der Waals surface area (Å²) in [7, 11) is 4.42. The summed E-state index contributed by atoms with van der Waals surface area (Å²) in [6.45, 7) is 5.73. The van der Waals surface area contributed by atoms with Gasteiger partial charge < -0.3 is 14.4 Å². The number of nitrogens with zero attached hydrogens (tertiary/aromatic N) is 2. The van der Waals surface area contributed by atoms with Gasteiger partial charge in [0.1, 0.15) is 0 Å². The standard InChI is InChI=1S/C15H30N4O2/c1-18-5-6-19(2)13(10-18)14(17-16)12-3-7-21-15(9-12)4-8-20-11-15/h12-14,17H,3-11,16H2,1-2H3. The van der Waals surface area contributed by atoms with Crippen LogP contribution in [0.2, 0.25) is 0 Å². The van der Waals surface area contributed by atoms with E-state index in [9.17, 15) is 0 Å². The Morgan fingerprint density at radius 2 is 2.14 bits per heavy atom. The van der Waals surface area contributed by atoms with Gasteiger partial charge in [0.2, 0.25) is 0 Å². The maximum Gasteiger partial charge on any atom is 0.0939 e. The molecule has 0 aromatic heterocycles. The molecule has 0 saturated carbocycles. The first kappa shape index (κ1) is 15.6. The minimum absolute atomic E-state index is 0.0445. The molecular weight excluding hydrogens is 268 g/mol. The lowest BCUT2D eigenvalue weighted by Gasteiger charge is -2.47. The van der Waals surface area contributed by atoms with Gasteiger partial charge in [-0.25, -0.2) is 0 Å². The fraction of sp³-hybridized carbons (Fsp3) is 1.00. The van der Waals surface area contributed by atoms with Crippen molar-refractivity contribution >= 4 is 0 Å². The topological polar surface area (TPSA) is 63.0 Å². The fourth-order valence-corrected chi connectivity index (χ4v) is 4.23. The quantitative estimate of drug-likeness (QED) is 0.548. The number of piperazine rings is 1. The van der Waals surface area contributed by atoms with Crippen molar-refractivity contribution in [2.45, 2.75) is 36.9 Å². The zero-order chi connectivity index (χ0) is 14.9. The second-order valence-electron chi connectivity index (χ2n) is 7.09. The van der Waals surface area contributed by atoms with E-state index in [4.69, 9.17) is 15.3 Å². The number of ether oxygens (including phenoxy) is 2. The van der Waals surface area contributed by atoms with E-state index in [1.165, 1.54) is 0 Å². The molecule has 6 heteroatoms. The summed E-state index contributed by atoms with van der Waals surface area (Å²) in [5.41, 5.74) is 3.09. The van der Waals surface area contributed by atoms with Crippen LogP contribution in [-0.4, -0.2) is 81.0 Å². The lowest BCUT2D eigenvalue weighted by molar-refractivity contribution is -0.108. The zero-order valence-corrected chi connectivity index (χ0v) is 13.4. The molecule has 3 aliphatic heterocycles. The number of hydrogen-bond donors (Lipinski definition) is 2. The molecule has 21 heavy (non-hydrogen) atoms. The minimum atomic E-state index is -0.0445. The summed E-state index contributed by atoms with van der Waals surface area (Å²) in [6.07, 6.45) is 3.18. The van der Waals surface area contributed by atoms with Crippen molar-refractivity contribution in [1.29, 1.82) is 0 Å². The fourth-order valence-electron chi connectivity index (χ4n) is 4.23. The summed E-state index contributed by atoms with van der Waals surface area (Å²) >= 11 is 0. The van der Waals surface area contributed by atoms with Crippen LogP contribution >= 0.6 is 0 Å². The average molecular weight is 298 g/mol. The van der Waals surface area contributed by atoms with E-state index in [2.05, 4.69) is 29.3 Å². The normalized spacial score (nSPS) is 40.7. The van der Waals surface area contributed by atoms with Gasteiger partial charge in [-0.05, 0) is 32.9 Å². The maximum atomic E-state index is 6.07. The summed E-state index contributed by atoms with van der Waals surface area (Å²) in [5.74, 6) is 6.52. The summed E-state index contributed by atoms with van der Waals surface area (Å²) in [6, 6.07) is 0.787. The molecule has 3 rings (SSSR count). The van der Waals surface area contributed by atoms with Crippen molar-refractivity contribution < 1.29 is 9.47 Å². The van der Waals surface area contributed by atoms with Crippen molar-refractivity contribution in [1.82, 2.24) is 15.2 Å². The molecule has 0 aliphatic carbocycles. The molecule has 0 bridgehead atoms. The molecule has 3 N–H and O–H groups in total. The molecule has 4 unspecified atom stereocenters. The maximum absolute atomic E-state index is 6.07. The summed E-state index contributed by atoms with van der Waals surface area (Å²) in [4.78, 5) is 4.86. The highest BCUT2D eigenvalue weighted by atomic mass is 16.6. The highest BCUT2D eigenvalue weighted by molar-refractivity contribution is 4.98. The molecule has 0 radical (unpaired) electrons. The van der Waals surface area contributed by atoms with Crippen LogP contribution in [0.3, 0.4) is 0 Å². The van der Waals surface area contributed by atoms with Crippen LogP contribution in [0.5, 0.6) is 0 Å². The SMILES string of the molecule is CN1CCN(C)C(C(NN)C2CCOC3(CCOC3)C2)C1. The minimum Gasteiger partial charge on any atom is -0.378 e. The highest BCUT2D eigenvalue weighted by Gasteiger charge is 2.45. The number of nitrogens with one attached hydrogen (secondary N) is 1. The average Bonchev–Trinajstić information content (AvgIpc) is 2.91. The van der Waals surface area contributed by atoms with E-state index in [0.717, 1.165) is 58.7 Å². The van der Waals surface area contributed by atoms with Gasteiger partial charge in [0.05, 0.1) is 12.2 Å². The Balaban J connectivity index is 1.69. The second-order valence-corrected chi connectivity index (χ2v) is 7.09. The number of hydrazine groups is 1. The summed E-state index contributed by atoms with van der Waals surface area (Å²) < 4.78 is 11.7. The van der Waals surface area contributed by atoms with E-state index >= 15 is 0 Å². The lowest BCUT2D eigenvalue weighted by atomic mass is 9.78. The molecule has 0 amide bonds. The van der Waals surface area contributed by atoms with Crippen LogP contribution < -0.4 is 11.3 Å². The Kier molecular flexibility index (Phi) is 4.83. The van der Waals surface area contributed by atoms with E-state index in [1.807, 2.05) is 0 Å². The van der Waals surface area contributed by atoms with Crippen LogP contribution in [-0.2, 0) is 9.47 Å². The van der Waals surface area contributed by atoms with Crippen LogP contribution in [0.1, 0.15) is 19.3 Å². The Bertz CT molecular complexity index is 349. The first-order valence-electron chi connectivity index (χ1n) is 8.20. The van der Waals surface area contributed by atoms with Crippen molar-refractivity contribution in [3.05, 3.63) is 0 Å². The molecule has 3 fully saturated rings. The van der Waals surface area contributed by atoms with E-state index in [0.29, 0.717) is 18.0 Å². The Morgan fingerprint density at radius 3 is 2.86 bits per heavy atom. The van der Waals surface area contributed by atoms with Crippen molar-refractivity contribution in [2.24, 2.45) is 11.8 Å². The van der Waals surface area contributed by atoms with E-state index in [-0.39, 0.29) is 5.60 Å². The van der Waals surface area contributed by atoms with Gasteiger partial charge in [-0.1, -0.05) is 0 Å². The molecule has 3 heterocycles. The van der Waals surface area contributed by atoms with Crippen LogP contribution in [0.15, 0.2) is 0 Å². The number of rotatable bonds is 3. The van der Waals surface area contributed by atoms with Crippen LogP contribution in [0.4, 0.5) is 0 Å². The van der Waals surface area contributed by atoms with Crippen molar-refractivity contribution in [3.8, 4) is 0 Å². The first-order valence-corrected chi connectivity index (χ1v) is 8.20. The molecular formula is C15H30N4O2. The monoisotopic (exact) mass is 298 g/mol. The Labute approximate surface area is 127 Å². The van der Waals surface area contributed by atoms with Gasteiger partial charge in [0.15, 0.2) is 0 Å². The van der Waals surface area contributed by atoms with Gasteiger partial charge in [-0.3, -0.25) is 16.2 Å². The Morgan fingerprint density at radius 1 is 1.29 bits per heavy atom. The van der Waals surface area contributed by atoms with Gasteiger partial charge >= 0.3 is 0 Å². The largest absolute Gasteiger partial charge is 0.378 e. The molecule has 6 nitrogen and oxygen atoms in total. The molecule has 4 atom stereocenters. The third-order valence-electron chi connectivity index (χ3n) is 5.61. The van der Waals surface area contributed by atoms with Gasteiger partial charge in [0, 0.05) is 51.4 Å². The zero-order valence-electron chi connectivity index (χ0n) is 13.4. The Hall–Kier alpha value is -0.240. The second kappa shape index (κ2) is 6.48. The number of hydrogen-bond acceptors (Lipinski definition) is 6. The van der Waals surface area contributed by atoms with E-state index in [1.54, 1.807) is 0 Å². The molecule has 0 aromatic rings. The van der Waals surface area contributed by atoms with Crippen LogP contribution in [0, 0.1) is 5.92 Å². The lowest BCUT2D eigenvalue weighted by Crippen LogP contribution is -2.63. The highest BCUT2D eigenvalue weighted by Crippen LogP contribution is 2.38. The van der Waals surface area contributed by atoms with Gasteiger partial charge in [0.25, 0.3) is 0 Å². The predicted molar refractivity (Wildman–Crippen MR) is 81.9 cm³/mol. The molecule has 0 aromatic carbocycles. The number of nitrogens with two attached hydrogens (primary N) is 1. The van der Waals surface area contributed by atoms with Crippen molar-refractivity contribution in [3.63, 3.8) is 0 Å². The van der Waals surface area contributed by atoms with Crippen LogP contribution in [0.25, 0.3) is 0 Å². The van der Waals surface area contributed by atoms with Crippen molar-refractivity contribution in [2.75, 3.05) is 53.6 Å². The third kappa shape index (κ3) is 3.25. The smallest absolute Gasteiger partial charge is 0.0939 e. The number of likely N-dealkylation sites (N-methyl/N-ethyl adjacent to an activating group) is 2. The molecule has 122 valence electrons. The van der Waals surface area contributed by atoms with Gasteiger partial charge in [-0.15, -0.1) is 0 Å². The van der Waals surface area contributed by atoms with Gasteiger partial charge in [-0.2, -0.15) is 0 Å². The molecule has 3 aliphatic rings. The predicted octanol–water partition coefficient (Wildman–Crippen LogP) is -0.350. The summed E-state index contributed by atoms with van der Waals surface area (Å²) in [5, 5.41) is 0. The first-order chi connectivity index (χ1) is 10.1. The molecule has 3 saturated heterocycles.